The number of esters is 1. The van der Waals surface area contributed by atoms with Crippen molar-refractivity contribution in [1.82, 2.24) is 4.31 Å². The van der Waals surface area contributed by atoms with Crippen molar-refractivity contribution in [1.29, 1.82) is 5.26 Å². The second kappa shape index (κ2) is 10.1. The summed E-state index contributed by atoms with van der Waals surface area (Å²) in [7, 11) is -3.65. The minimum Gasteiger partial charge on any atom is -0.449 e. The summed E-state index contributed by atoms with van der Waals surface area (Å²) in [6.45, 7) is 6.45. The van der Waals surface area contributed by atoms with E-state index in [0.717, 1.165) is 6.42 Å². The number of carbonyl (C=O) groups is 2. The number of nitrogens with one attached hydrogen (secondary N) is 1. The van der Waals surface area contributed by atoms with Gasteiger partial charge >= 0.3 is 5.97 Å². The summed E-state index contributed by atoms with van der Waals surface area (Å²) >= 11 is 0. The zero-order chi connectivity index (χ0) is 24.2. The standard InChI is InChI=1S/C24H27N3O5S/c1-16-11-17(2)15-27(14-16)33(30,31)22-9-7-20(8-10-22)24(29)32-18(3)23(28)26-21-6-4-5-19(12-21)13-25/h4-10,12,16-18H,11,14-15H2,1-3H3,(H,26,28). The van der Waals surface area contributed by atoms with E-state index < -0.39 is 28.0 Å². The molecule has 2 aromatic rings. The molecule has 1 fully saturated rings. The molecule has 8 nitrogen and oxygen atoms in total. The first-order chi connectivity index (χ1) is 15.6. The maximum Gasteiger partial charge on any atom is 0.338 e. The molecule has 1 aliphatic rings. The normalized spacial score (nSPS) is 19.8. The van der Waals surface area contributed by atoms with E-state index in [4.69, 9.17) is 10.00 Å². The molecule has 1 amide bonds. The Bertz CT molecular complexity index is 1160. The van der Waals surface area contributed by atoms with Crippen molar-refractivity contribution >= 4 is 27.6 Å². The minimum absolute atomic E-state index is 0.114. The Morgan fingerprint density at radius 3 is 2.36 bits per heavy atom. The Morgan fingerprint density at radius 1 is 1.12 bits per heavy atom. The molecule has 1 saturated heterocycles. The molecule has 1 N–H and O–H groups in total. The van der Waals surface area contributed by atoms with Gasteiger partial charge in [-0.15, -0.1) is 0 Å². The molecular formula is C24H27N3O5S. The topological polar surface area (TPSA) is 117 Å². The number of nitriles is 1. The van der Waals surface area contributed by atoms with Crippen molar-refractivity contribution in [3.8, 4) is 6.07 Å². The van der Waals surface area contributed by atoms with E-state index in [9.17, 15) is 18.0 Å². The first-order valence-electron chi connectivity index (χ1n) is 10.7. The van der Waals surface area contributed by atoms with Crippen LogP contribution in [0.2, 0.25) is 0 Å². The summed E-state index contributed by atoms with van der Waals surface area (Å²) in [5.74, 6) is -0.723. The van der Waals surface area contributed by atoms with Gasteiger partial charge in [-0.1, -0.05) is 19.9 Å². The fourth-order valence-corrected chi connectivity index (χ4v) is 5.59. The molecule has 1 heterocycles. The van der Waals surface area contributed by atoms with Gasteiger partial charge in [0, 0.05) is 18.8 Å². The second-order valence-corrected chi connectivity index (χ2v) is 10.5. The van der Waals surface area contributed by atoms with Crippen LogP contribution in [0.5, 0.6) is 0 Å². The lowest BCUT2D eigenvalue weighted by Crippen LogP contribution is -2.42. The van der Waals surface area contributed by atoms with E-state index in [1.54, 1.807) is 18.2 Å². The molecule has 3 atom stereocenters. The lowest BCUT2D eigenvalue weighted by Gasteiger charge is -2.34. The molecule has 0 spiro atoms. The number of carbonyl (C=O) groups excluding carboxylic acids is 2. The highest BCUT2D eigenvalue weighted by molar-refractivity contribution is 7.89. The van der Waals surface area contributed by atoms with E-state index in [-0.39, 0.29) is 22.3 Å². The predicted molar refractivity (Wildman–Crippen MR) is 123 cm³/mol. The van der Waals surface area contributed by atoms with Gasteiger partial charge in [0.25, 0.3) is 5.91 Å². The number of hydrogen-bond donors (Lipinski definition) is 1. The van der Waals surface area contributed by atoms with Crippen LogP contribution in [-0.2, 0) is 19.6 Å². The van der Waals surface area contributed by atoms with Crippen LogP contribution in [0.1, 0.15) is 43.1 Å². The van der Waals surface area contributed by atoms with Gasteiger partial charge in [0.15, 0.2) is 6.10 Å². The van der Waals surface area contributed by atoms with E-state index in [2.05, 4.69) is 5.32 Å². The van der Waals surface area contributed by atoms with Gasteiger partial charge in [-0.3, -0.25) is 4.79 Å². The fraction of sp³-hybridized carbons (Fsp3) is 0.375. The van der Waals surface area contributed by atoms with Gasteiger partial charge in [-0.05, 0) is 67.6 Å². The Balaban J connectivity index is 1.63. The van der Waals surface area contributed by atoms with Gasteiger partial charge in [0.1, 0.15) is 0 Å². The number of amides is 1. The van der Waals surface area contributed by atoms with Crippen LogP contribution in [-0.4, -0.2) is 43.8 Å². The third-order valence-corrected chi connectivity index (χ3v) is 7.32. The van der Waals surface area contributed by atoms with Gasteiger partial charge in [0.05, 0.1) is 22.1 Å². The van der Waals surface area contributed by atoms with Crippen molar-refractivity contribution in [3.63, 3.8) is 0 Å². The Morgan fingerprint density at radius 2 is 1.76 bits per heavy atom. The number of rotatable bonds is 6. The Hall–Kier alpha value is -3.22. The highest BCUT2D eigenvalue weighted by atomic mass is 32.2. The zero-order valence-electron chi connectivity index (χ0n) is 18.8. The number of nitrogens with zero attached hydrogens (tertiary/aromatic N) is 2. The minimum atomic E-state index is -3.65. The average Bonchev–Trinajstić information content (AvgIpc) is 2.78. The third-order valence-electron chi connectivity index (χ3n) is 5.48. The molecule has 3 rings (SSSR count). The molecular weight excluding hydrogens is 442 g/mol. The largest absolute Gasteiger partial charge is 0.449 e. The molecule has 0 aliphatic carbocycles. The summed E-state index contributed by atoms with van der Waals surface area (Å²) in [5.41, 5.74) is 0.944. The molecule has 3 unspecified atom stereocenters. The van der Waals surface area contributed by atoms with E-state index in [1.165, 1.54) is 41.6 Å². The van der Waals surface area contributed by atoms with Crippen molar-refractivity contribution < 1.29 is 22.7 Å². The third kappa shape index (κ3) is 5.97. The SMILES string of the molecule is CC1CC(C)CN(S(=O)(=O)c2ccc(C(=O)OC(C)C(=O)Nc3cccc(C#N)c3)cc2)C1. The van der Waals surface area contributed by atoms with Gasteiger partial charge in [-0.25, -0.2) is 13.2 Å². The molecule has 33 heavy (non-hydrogen) atoms. The van der Waals surface area contributed by atoms with Crippen molar-refractivity contribution in [2.75, 3.05) is 18.4 Å². The van der Waals surface area contributed by atoms with E-state index in [1.807, 2.05) is 19.9 Å². The molecule has 1 aliphatic heterocycles. The predicted octanol–water partition coefficient (Wildman–Crippen LogP) is 3.41. The fourth-order valence-electron chi connectivity index (χ4n) is 3.91. The highest BCUT2D eigenvalue weighted by Gasteiger charge is 2.31. The first-order valence-corrected chi connectivity index (χ1v) is 12.2. The summed E-state index contributed by atoms with van der Waals surface area (Å²) < 4.78 is 32.7. The van der Waals surface area contributed by atoms with Crippen LogP contribution < -0.4 is 5.32 Å². The summed E-state index contributed by atoms with van der Waals surface area (Å²) in [6, 6.07) is 13.9. The highest BCUT2D eigenvalue weighted by Crippen LogP contribution is 2.27. The summed E-state index contributed by atoms with van der Waals surface area (Å²) in [6.07, 6.45) is -0.102. The summed E-state index contributed by atoms with van der Waals surface area (Å²) in [5, 5.41) is 11.5. The monoisotopic (exact) mass is 469 g/mol. The molecule has 0 saturated carbocycles. The molecule has 0 aromatic heterocycles. The lowest BCUT2D eigenvalue weighted by molar-refractivity contribution is -0.123. The van der Waals surface area contributed by atoms with Crippen LogP contribution in [0.4, 0.5) is 5.69 Å². The number of piperidine rings is 1. The van der Waals surface area contributed by atoms with Crippen LogP contribution in [0.25, 0.3) is 0 Å². The van der Waals surface area contributed by atoms with Crippen LogP contribution in [0, 0.1) is 23.2 Å². The smallest absolute Gasteiger partial charge is 0.338 e. The second-order valence-electron chi connectivity index (χ2n) is 8.52. The maximum absolute atomic E-state index is 13.0. The number of hydrogen-bond acceptors (Lipinski definition) is 6. The van der Waals surface area contributed by atoms with E-state index in [0.29, 0.717) is 24.3 Å². The molecule has 0 radical (unpaired) electrons. The Labute approximate surface area is 194 Å². The molecule has 9 heteroatoms. The molecule has 0 bridgehead atoms. The van der Waals surface area contributed by atoms with Crippen molar-refractivity contribution in [2.45, 2.75) is 38.2 Å². The quantitative estimate of drug-likeness (QED) is 0.648. The molecule has 174 valence electrons. The van der Waals surface area contributed by atoms with Crippen molar-refractivity contribution in [2.24, 2.45) is 11.8 Å². The van der Waals surface area contributed by atoms with Gasteiger partial charge in [0.2, 0.25) is 10.0 Å². The number of anilines is 1. The maximum atomic E-state index is 13.0. The van der Waals surface area contributed by atoms with Gasteiger partial charge in [-0.2, -0.15) is 9.57 Å². The Kier molecular flexibility index (Phi) is 7.51. The number of benzene rings is 2. The summed E-state index contributed by atoms with van der Waals surface area (Å²) in [4.78, 5) is 24.9. The lowest BCUT2D eigenvalue weighted by atomic mass is 9.94. The first kappa shape index (κ1) is 24.4. The average molecular weight is 470 g/mol. The van der Waals surface area contributed by atoms with Crippen LogP contribution in [0.15, 0.2) is 53.4 Å². The van der Waals surface area contributed by atoms with Crippen molar-refractivity contribution in [3.05, 3.63) is 59.7 Å². The van der Waals surface area contributed by atoms with Crippen LogP contribution in [0.3, 0.4) is 0 Å². The van der Waals surface area contributed by atoms with Gasteiger partial charge < -0.3 is 10.1 Å². The number of sulfonamides is 1. The number of ether oxygens (including phenoxy) is 1. The zero-order valence-corrected chi connectivity index (χ0v) is 19.6. The van der Waals surface area contributed by atoms with E-state index >= 15 is 0 Å². The molecule has 2 aromatic carbocycles. The van der Waals surface area contributed by atoms with Crippen LogP contribution >= 0.6 is 0 Å².